The highest BCUT2D eigenvalue weighted by atomic mass is 16.5. The highest BCUT2D eigenvalue weighted by Gasteiger charge is 2.20. The molecule has 7 nitrogen and oxygen atoms in total. The molecular formula is C24H19NO6. The number of amides is 1. The van der Waals surface area contributed by atoms with Gasteiger partial charge in [-0.1, -0.05) is 42.5 Å². The minimum Gasteiger partial charge on any atom is -0.488 e. The maximum absolute atomic E-state index is 12.6. The van der Waals surface area contributed by atoms with Crippen molar-refractivity contribution >= 4 is 23.3 Å². The van der Waals surface area contributed by atoms with Crippen molar-refractivity contribution < 1.29 is 28.6 Å². The van der Waals surface area contributed by atoms with E-state index in [1.165, 1.54) is 6.07 Å². The predicted molar refractivity (Wildman–Crippen MR) is 112 cm³/mol. The monoisotopic (exact) mass is 417 g/mol. The van der Waals surface area contributed by atoms with E-state index in [0.717, 1.165) is 5.56 Å². The smallest absolute Gasteiger partial charge is 0.342 e. The molecular weight excluding hydrogens is 398 g/mol. The second kappa shape index (κ2) is 9.13. The lowest BCUT2D eigenvalue weighted by Gasteiger charge is -2.18. The van der Waals surface area contributed by atoms with Crippen LogP contribution in [-0.2, 0) is 16.1 Å². The molecule has 1 aliphatic heterocycles. The van der Waals surface area contributed by atoms with Crippen LogP contribution in [0.1, 0.15) is 26.3 Å². The Kier molecular flexibility index (Phi) is 5.93. The molecule has 1 N–H and O–H groups in total. The standard InChI is InChI=1S/C24H19NO6/c26-20(17-10-11-22-19(12-17)25-23(27)15-30-22)14-31-24(28)18-8-4-5-9-21(18)29-13-16-6-2-1-3-7-16/h1-12H,13-15H2,(H,25,27). The first-order valence-corrected chi connectivity index (χ1v) is 9.63. The molecule has 0 fully saturated rings. The lowest BCUT2D eigenvalue weighted by atomic mass is 10.1. The molecule has 156 valence electrons. The summed E-state index contributed by atoms with van der Waals surface area (Å²) in [4.78, 5) is 36.5. The first-order valence-electron chi connectivity index (χ1n) is 9.63. The van der Waals surface area contributed by atoms with Gasteiger partial charge in [-0.25, -0.2) is 4.79 Å². The van der Waals surface area contributed by atoms with Gasteiger partial charge in [0.25, 0.3) is 5.91 Å². The van der Waals surface area contributed by atoms with Crippen molar-refractivity contribution in [2.45, 2.75) is 6.61 Å². The second-order valence-corrected chi connectivity index (χ2v) is 6.82. The Morgan fingerprint density at radius 3 is 2.58 bits per heavy atom. The fourth-order valence-electron chi connectivity index (χ4n) is 3.05. The van der Waals surface area contributed by atoms with Gasteiger partial charge in [-0.3, -0.25) is 9.59 Å². The summed E-state index contributed by atoms with van der Waals surface area (Å²) >= 11 is 0. The van der Waals surface area contributed by atoms with Gasteiger partial charge >= 0.3 is 5.97 Å². The first kappa shape index (κ1) is 20.2. The van der Waals surface area contributed by atoms with Gasteiger partial charge in [0.2, 0.25) is 0 Å². The number of anilines is 1. The van der Waals surface area contributed by atoms with Crippen LogP contribution in [0.4, 0.5) is 5.69 Å². The van der Waals surface area contributed by atoms with E-state index in [2.05, 4.69) is 5.32 Å². The summed E-state index contributed by atoms with van der Waals surface area (Å²) < 4.78 is 16.3. The maximum Gasteiger partial charge on any atom is 0.342 e. The third-order valence-electron chi connectivity index (χ3n) is 4.61. The highest BCUT2D eigenvalue weighted by molar-refractivity contribution is 6.02. The Bertz CT molecular complexity index is 1130. The zero-order chi connectivity index (χ0) is 21.6. The summed E-state index contributed by atoms with van der Waals surface area (Å²) in [6.45, 7) is -0.212. The number of carbonyl (C=O) groups excluding carboxylic acids is 3. The zero-order valence-electron chi connectivity index (χ0n) is 16.5. The number of hydrogen-bond acceptors (Lipinski definition) is 6. The molecule has 1 aliphatic rings. The molecule has 0 aliphatic carbocycles. The molecule has 7 heteroatoms. The van der Waals surface area contributed by atoms with Crippen LogP contribution in [0.15, 0.2) is 72.8 Å². The number of hydrogen-bond donors (Lipinski definition) is 1. The number of benzene rings is 3. The molecule has 4 rings (SSSR count). The molecule has 0 saturated carbocycles. The number of para-hydroxylation sites is 1. The Hall–Kier alpha value is -4.13. The molecule has 0 spiro atoms. The van der Waals surface area contributed by atoms with Crippen LogP contribution in [0, 0.1) is 0 Å². The average Bonchev–Trinajstić information content (AvgIpc) is 2.81. The van der Waals surface area contributed by atoms with Crippen LogP contribution >= 0.6 is 0 Å². The Labute approximate surface area is 178 Å². The van der Waals surface area contributed by atoms with E-state index in [9.17, 15) is 14.4 Å². The summed E-state index contributed by atoms with van der Waals surface area (Å²) in [5, 5.41) is 2.64. The van der Waals surface area contributed by atoms with Crippen LogP contribution in [-0.4, -0.2) is 30.9 Å². The van der Waals surface area contributed by atoms with E-state index in [4.69, 9.17) is 14.2 Å². The molecule has 3 aromatic carbocycles. The van der Waals surface area contributed by atoms with E-state index in [-0.39, 0.29) is 18.1 Å². The average molecular weight is 417 g/mol. The van der Waals surface area contributed by atoms with Crippen molar-refractivity contribution in [1.29, 1.82) is 0 Å². The van der Waals surface area contributed by atoms with Crippen molar-refractivity contribution in [1.82, 2.24) is 0 Å². The van der Waals surface area contributed by atoms with Crippen molar-refractivity contribution in [3.8, 4) is 11.5 Å². The van der Waals surface area contributed by atoms with E-state index in [1.807, 2.05) is 30.3 Å². The number of nitrogens with one attached hydrogen (secondary N) is 1. The van der Waals surface area contributed by atoms with Gasteiger partial charge in [0.1, 0.15) is 23.7 Å². The van der Waals surface area contributed by atoms with Gasteiger partial charge in [0, 0.05) is 5.56 Å². The number of esters is 1. The topological polar surface area (TPSA) is 90.9 Å². The van der Waals surface area contributed by atoms with Gasteiger partial charge in [0.15, 0.2) is 19.0 Å². The summed E-state index contributed by atoms with van der Waals surface area (Å²) in [6, 6.07) is 20.9. The van der Waals surface area contributed by atoms with Gasteiger partial charge < -0.3 is 19.5 Å². The number of ether oxygens (including phenoxy) is 3. The van der Waals surface area contributed by atoms with Crippen LogP contribution in [0.5, 0.6) is 11.5 Å². The summed E-state index contributed by atoms with van der Waals surface area (Å²) in [7, 11) is 0. The Morgan fingerprint density at radius 2 is 1.74 bits per heavy atom. The largest absolute Gasteiger partial charge is 0.488 e. The minimum absolute atomic E-state index is 0.0658. The molecule has 0 aromatic heterocycles. The van der Waals surface area contributed by atoms with E-state index < -0.39 is 18.4 Å². The molecule has 31 heavy (non-hydrogen) atoms. The van der Waals surface area contributed by atoms with Crippen molar-refractivity contribution in [3.05, 3.63) is 89.5 Å². The quantitative estimate of drug-likeness (QED) is 0.466. The summed E-state index contributed by atoms with van der Waals surface area (Å²) in [6.07, 6.45) is 0. The molecule has 0 unspecified atom stereocenters. The summed E-state index contributed by atoms with van der Waals surface area (Å²) in [5.74, 6) is -0.504. The fourth-order valence-corrected chi connectivity index (χ4v) is 3.05. The lowest BCUT2D eigenvalue weighted by Crippen LogP contribution is -2.25. The molecule has 0 saturated heterocycles. The Morgan fingerprint density at radius 1 is 0.968 bits per heavy atom. The van der Waals surface area contributed by atoms with E-state index >= 15 is 0 Å². The van der Waals surface area contributed by atoms with Crippen molar-refractivity contribution in [3.63, 3.8) is 0 Å². The SMILES string of the molecule is O=C1COc2ccc(C(=O)COC(=O)c3ccccc3OCc3ccccc3)cc2N1. The number of rotatable bonds is 7. The fraction of sp³-hybridized carbons (Fsp3) is 0.125. The number of carbonyl (C=O) groups is 3. The zero-order valence-corrected chi connectivity index (χ0v) is 16.5. The van der Waals surface area contributed by atoms with Crippen LogP contribution in [0.3, 0.4) is 0 Å². The van der Waals surface area contributed by atoms with Gasteiger partial charge in [0.05, 0.1) is 5.69 Å². The third kappa shape index (κ3) is 4.90. The number of Topliss-reactive ketones (excluding diaryl/α,β-unsaturated/α-hetero) is 1. The van der Waals surface area contributed by atoms with Crippen LogP contribution in [0.25, 0.3) is 0 Å². The molecule has 1 heterocycles. The first-order chi connectivity index (χ1) is 15.1. The molecule has 3 aromatic rings. The van der Waals surface area contributed by atoms with Crippen molar-refractivity contribution in [2.75, 3.05) is 18.5 Å². The number of ketones is 1. The van der Waals surface area contributed by atoms with E-state index in [0.29, 0.717) is 29.4 Å². The van der Waals surface area contributed by atoms with Crippen LogP contribution < -0.4 is 14.8 Å². The predicted octanol–water partition coefficient (Wildman–Crippen LogP) is 3.64. The second-order valence-electron chi connectivity index (χ2n) is 6.82. The summed E-state index contributed by atoms with van der Waals surface area (Å²) in [5.41, 5.74) is 1.90. The number of fused-ring (bicyclic) bond motifs is 1. The normalized spacial score (nSPS) is 12.2. The molecule has 0 atom stereocenters. The highest BCUT2D eigenvalue weighted by Crippen LogP contribution is 2.28. The van der Waals surface area contributed by atoms with E-state index in [1.54, 1.807) is 36.4 Å². The lowest BCUT2D eigenvalue weighted by molar-refractivity contribution is -0.118. The van der Waals surface area contributed by atoms with Gasteiger partial charge in [-0.15, -0.1) is 0 Å². The molecule has 1 amide bonds. The van der Waals surface area contributed by atoms with Crippen LogP contribution in [0.2, 0.25) is 0 Å². The molecule has 0 bridgehead atoms. The Balaban J connectivity index is 1.39. The van der Waals surface area contributed by atoms with Gasteiger partial charge in [-0.05, 0) is 35.9 Å². The van der Waals surface area contributed by atoms with Crippen molar-refractivity contribution in [2.24, 2.45) is 0 Å². The maximum atomic E-state index is 12.6. The molecule has 0 radical (unpaired) electrons. The third-order valence-corrected chi connectivity index (χ3v) is 4.61. The minimum atomic E-state index is -0.661. The van der Waals surface area contributed by atoms with Gasteiger partial charge in [-0.2, -0.15) is 0 Å².